The molecule has 4 aromatic rings. The molecule has 2 aromatic heterocycles. The first-order chi connectivity index (χ1) is 21.8. The predicted octanol–water partition coefficient (Wildman–Crippen LogP) is 6.60. The molecule has 240 valence electrons. The van der Waals surface area contributed by atoms with Crippen LogP contribution in [0.5, 0.6) is 0 Å². The molecule has 0 aliphatic carbocycles. The zero-order chi connectivity index (χ0) is 32.6. The van der Waals surface area contributed by atoms with Crippen molar-refractivity contribution in [2.24, 2.45) is 0 Å². The molecule has 0 saturated carbocycles. The van der Waals surface area contributed by atoms with E-state index in [1.165, 1.54) is 13.5 Å². The van der Waals surface area contributed by atoms with Crippen molar-refractivity contribution in [2.75, 3.05) is 32.1 Å². The molecule has 0 radical (unpaired) electrons. The number of carbonyl (C=O) groups excluding carboxylic acids is 3. The second-order valence-corrected chi connectivity index (χ2v) is 10.2. The molecule has 0 saturated heterocycles. The van der Waals surface area contributed by atoms with E-state index in [1.807, 2.05) is 62.4 Å². The Hall–Kier alpha value is -5.13. The van der Waals surface area contributed by atoms with E-state index in [4.69, 9.17) is 4.74 Å². The Bertz CT molecular complexity index is 1500. The van der Waals surface area contributed by atoms with Crippen molar-refractivity contribution in [3.63, 3.8) is 0 Å². The number of ether oxygens (including phenoxy) is 2. The van der Waals surface area contributed by atoms with Gasteiger partial charge in [-0.2, -0.15) is 0 Å². The minimum Gasteiger partial charge on any atom is -0.453 e. The highest BCUT2D eigenvalue weighted by atomic mass is 16.5. The average molecular weight is 618 g/mol. The fourth-order valence-electron chi connectivity index (χ4n) is 4.21. The van der Waals surface area contributed by atoms with Gasteiger partial charge < -0.3 is 29.7 Å². The van der Waals surface area contributed by atoms with Crippen molar-refractivity contribution in [2.45, 2.75) is 53.5 Å². The number of nitrogens with one attached hydrogen (secondary N) is 4. The molecule has 0 spiro atoms. The molecule has 12 nitrogen and oxygen atoms in total. The van der Waals surface area contributed by atoms with E-state index in [9.17, 15) is 14.4 Å². The first-order valence-electron chi connectivity index (χ1n) is 15.1. The second-order valence-electron chi connectivity index (χ2n) is 10.2. The van der Waals surface area contributed by atoms with Gasteiger partial charge in [0.05, 0.1) is 44.0 Å². The molecule has 4 N–H and O–H groups in total. The van der Waals surface area contributed by atoms with Gasteiger partial charge in [0.15, 0.2) is 0 Å². The van der Waals surface area contributed by atoms with Crippen molar-refractivity contribution in [1.82, 2.24) is 30.2 Å². The number of imidazole rings is 2. The number of rotatable bonds is 12. The largest absolute Gasteiger partial charge is 0.453 e. The molecule has 2 heterocycles. The van der Waals surface area contributed by atoms with E-state index in [2.05, 4.69) is 49.2 Å². The Morgan fingerprint density at radius 2 is 1.33 bits per heavy atom. The lowest BCUT2D eigenvalue weighted by Crippen LogP contribution is -2.40. The summed E-state index contributed by atoms with van der Waals surface area (Å²) in [5.74, 6) is 0.764. The van der Waals surface area contributed by atoms with E-state index in [1.54, 1.807) is 17.3 Å². The van der Waals surface area contributed by atoms with E-state index in [0.717, 1.165) is 46.5 Å². The monoisotopic (exact) mass is 617 g/mol. The number of amides is 3. The fraction of sp³-hybridized carbons (Fsp3) is 0.364. The summed E-state index contributed by atoms with van der Waals surface area (Å²) in [4.78, 5) is 52.3. The summed E-state index contributed by atoms with van der Waals surface area (Å²) in [5, 5.41) is 5.01. The second kappa shape index (κ2) is 17.9. The molecular formula is C33H43N7O5. The smallest absolute Gasteiger partial charge is 0.413 e. The van der Waals surface area contributed by atoms with E-state index >= 15 is 0 Å². The number of aromatic nitrogens is 4. The zero-order valence-electron chi connectivity index (χ0n) is 26.6. The molecule has 0 unspecified atom stereocenters. The summed E-state index contributed by atoms with van der Waals surface area (Å²) in [6.45, 7) is 9.21. The van der Waals surface area contributed by atoms with E-state index in [0.29, 0.717) is 31.5 Å². The summed E-state index contributed by atoms with van der Waals surface area (Å²) < 4.78 is 9.55. The highest BCUT2D eigenvalue weighted by Crippen LogP contribution is 2.27. The van der Waals surface area contributed by atoms with Gasteiger partial charge in [-0.3, -0.25) is 10.1 Å². The van der Waals surface area contributed by atoms with Crippen LogP contribution in [0.2, 0.25) is 0 Å². The molecule has 2 aromatic carbocycles. The Balaban J connectivity index is 0.00000177. The Morgan fingerprint density at radius 1 is 0.778 bits per heavy atom. The van der Waals surface area contributed by atoms with Crippen LogP contribution in [-0.4, -0.2) is 69.7 Å². The number of H-pyrrole nitrogens is 2. The number of anilines is 1. The van der Waals surface area contributed by atoms with Crippen LogP contribution in [0.15, 0.2) is 60.9 Å². The normalized spacial score (nSPS) is 10.3. The lowest BCUT2D eigenvalue weighted by Gasteiger charge is -2.21. The standard InChI is InChI=1S/C30H35N7O5.C3H8/c1-4-14-37(27(38)18-33-29(39)41-3)19-26-31-16-24(34-26)22-10-6-20(7-11-22)21-8-12-23(13-9-21)25-17-32-28(35-25)36-30(40)42-15-5-2;1-3-2/h6-13,16-17H,4-5,14-15,18-19H2,1-3H3,(H,31,34)(H,33,39)(H2,32,35,36,40);3H2,1-2H3. The van der Waals surface area contributed by atoms with Crippen molar-refractivity contribution >= 4 is 24.0 Å². The number of nitrogens with zero attached hydrogens (tertiary/aromatic N) is 3. The van der Waals surface area contributed by atoms with Crippen LogP contribution in [0.3, 0.4) is 0 Å². The van der Waals surface area contributed by atoms with Gasteiger partial charge >= 0.3 is 12.2 Å². The van der Waals surface area contributed by atoms with Crippen LogP contribution >= 0.6 is 0 Å². The molecule has 0 bridgehead atoms. The third kappa shape index (κ3) is 10.5. The minimum atomic E-state index is -0.647. The van der Waals surface area contributed by atoms with Gasteiger partial charge in [0.25, 0.3) is 0 Å². The summed E-state index contributed by atoms with van der Waals surface area (Å²) in [6.07, 6.45) is 4.99. The maximum absolute atomic E-state index is 12.6. The van der Waals surface area contributed by atoms with Gasteiger partial charge in [0.2, 0.25) is 11.9 Å². The van der Waals surface area contributed by atoms with Crippen LogP contribution < -0.4 is 10.6 Å². The quantitative estimate of drug-likeness (QED) is 0.140. The molecule has 0 fully saturated rings. The van der Waals surface area contributed by atoms with Crippen molar-refractivity contribution in [3.05, 3.63) is 66.7 Å². The number of hydrogen-bond donors (Lipinski definition) is 4. The van der Waals surface area contributed by atoms with Crippen LogP contribution in [0.1, 0.15) is 52.8 Å². The number of hydrogen-bond acceptors (Lipinski definition) is 7. The molecule has 0 aliphatic rings. The molecule has 0 aliphatic heterocycles. The van der Waals surface area contributed by atoms with Crippen molar-refractivity contribution in [1.29, 1.82) is 0 Å². The number of benzene rings is 2. The number of alkyl carbamates (subject to hydrolysis) is 1. The Kier molecular flexibility index (Phi) is 13.6. The van der Waals surface area contributed by atoms with Crippen LogP contribution in [0, 0.1) is 0 Å². The number of methoxy groups -OCH3 is 1. The fourth-order valence-corrected chi connectivity index (χ4v) is 4.21. The SMILES string of the molecule is CCC.CCCOC(=O)Nc1ncc(-c2ccc(-c3ccc(-c4cnc(CN(CCC)C(=O)CNC(=O)OC)[nH]4)cc3)cc2)[nH]1. The average Bonchev–Trinajstić information content (AvgIpc) is 3.73. The molecule has 12 heteroatoms. The molecule has 45 heavy (non-hydrogen) atoms. The molecule has 4 rings (SSSR count). The highest BCUT2D eigenvalue weighted by molar-refractivity contribution is 5.83. The number of aromatic amines is 2. The summed E-state index contributed by atoms with van der Waals surface area (Å²) >= 11 is 0. The Morgan fingerprint density at radius 3 is 1.89 bits per heavy atom. The number of carbonyl (C=O) groups is 3. The third-order valence-corrected chi connectivity index (χ3v) is 6.34. The zero-order valence-corrected chi connectivity index (χ0v) is 26.6. The summed E-state index contributed by atoms with van der Waals surface area (Å²) in [6, 6.07) is 16.1. The first kappa shape index (κ1) is 34.4. The molecular weight excluding hydrogens is 574 g/mol. The minimum absolute atomic E-state index is 0.140. The maximum Gasteiger partial charge on any atom is 0.413 e. The van der Waals surface area contributed by atoms with Gasteiger partial charge in [-0.25, -0.2) is 19.6 Å². The van der Waals surface area contributed by atoms with Crippen molar-refractivity contribution in [3.8, 4) is 33.6 Å². The van der Waals surface area contributed by atoms with E-state index in [-0.39, 0.29) is 12.5 Å². The van der Waals surface area contributed by atoms with Crippen LogP contribution in [0.4, 0.5) is 15.5 Å². The lowest BCUT2D eigenvalue weighted by atomic mass is 10.0. The highest BCUT2D eigenvalue weighted by Gasteiger charge is 2.16. The molecule has 0 atom stereocenters. The topological polar surface area (TPSA) is 154 Å². The van der Waals surface area contributed by atoms with Crippen molar-refractivity contribution < 1.29 is 23.9 Å². The maximum atomic E-state index is 12.6. The third-order valence-electron chi connectivity index (χ3n) is 6.34. The summed E-state index contributed by atoms with van der Waals surface area (Å²) in [7, 11) is 1.25. The van der Waals surface area contributed by atoms with Crippen LogP contribution in [-0.2, 0) is 20.8 Å². The van der Waals surface area contributed by atoms with Gasteiger partial charge in [-0.15, -0.1) is 0 Å². The van der Waals surface area contributed by atoms with E-state index < -0.39 is 12.2 Å². The summed E-state index contributed by atoms with van der Waals surface area (Å²) in [5.41, 5.74) is 5.60. The predicted molar refractivity (Wildman–Crippen MR) is 174 cm³/mol. The lowest BCUT2D eigenvalue weighted by molar-refractivity contribution is -0.130. The first-order valence-corrected chi connectivity index (χ1v) is 15.1. The van der Waals surface area contributed by atoms with Crippen LogP contribution in [0.25, 0.3) is 33.6 Å². The van der Waals surface area contributed by atoms with Gasteiger partial charge in [-0.05, 0) is 35.1 Å². The van der Waals surface area contributed by atoms with Gasteiger partial charge in [0, 0.05) is 6.54 Å². The molecule has 3 amide bonds. The van der Waals surface area contributed by atoms with Gasteiger partial charge in [-0.1, -0.05) is 82.6 Å². The van der Waals surface area contributed by atoms with Gasteiger partial charge in [0.1, 0.15) is 12.4 Å². The Labute approximate surface area is 264 Å².